The molecule has 0 spiro atoms. The van der Waals surface area contributed by atoms with Crippen LogP contribution < -0.4 is 0 Å². The molecule has 0 heterocycles. The Morgan fingerprint density at radius 1 is 0.369 bits per heavy atom. The van der Waals surface area contributed by atoms with Gasteiger partial charge in [-0.25, -0.2) is 4.79 Å². The summed E-state index contributed by atoms with van der Waals surface area (Å²) >= 11 is 0. The zero-order valence-electron chi connectivity index (χ0n) is 43.0. The van der Waals surface area contributed by atoms with Crippen molar-refractivity contribution in [2.45, 2.75) is 316 Å². The number of unbranched alkanes of at least 4 members (excludes halogenated alkanes) is 36. The Bertz CT molecular complexity index is 1130. The van der Waals surface area contributed by atoms with E-state index >= 15 is 0 Å². The molecule has 384 valence electrons. The van der Waals surface area contributed by atoms with Crippen LogP contribution in [0.5, 0.6) is 0 Å². The SMILES string of the molecule is CCCCCCCCCCCCOC(=O)C(CCCCCCCCCCCC)(CCCCCCCCCCCC)C(O)(CCCCCCCCCCCC)C(=O)OCCCS(=O)(=O)O.[NaH]. The van der Waals surface area contributed by atoms with Crippen molar-refractivity contribution in [2.24, 2.45) is 5.41 Å². The molecule has 0 radical (unpaired) electrons. The molecule has 0 fully saturated rings. The van der Waals surface area contributed by atoms with E-state index in [1.807, 2.05) is 0 Å². The molecule has 1 atom stereocenters. The Hall–Kier alpha value is -0.190. The van der Waals surface area contributed by atoms with Gasteiger partial charge in [0.25, 0.3) is 10.1 Å². The standard InChI is InChI=1S/C55H108O8S.Na.H/c1-5-9-13-17-21-25-29-33-37-41-46-54(47-42-38-34-30-26-22-18-14-10-6-2,52(56)62-49-44-40-36-32-28-24-20-16-12-8-4)55(58,53(57)63-50-45-51-64(59,60)61)48-43-39-35-31-27-23-19-15-11-7-3;;/h58H,5-51H2,1-4H3,(H,59,60,61);;. The summed E-state index contributed by atoms with van der Waals surface area (Å²) in [7, 11) is -4.24. The van der Waals surface area contributed by atoms with Crippen molar-refractivity contribution in [3.8, 4) is 0 Å². The van der Waals surface area contributed by atoms with Gasteiger partial charge < -0.3 is 14.6 Å². The van der Waals surface area contributed by atoms with E-state index in [1.54, 1.807) is 0 Å². The van der Waals surface area contributed by atoms with Crippen LogP contribution in [0.3, 0.4) is 0 Å². The Morgan fingerprint density at radius 2 is 0.615 bits per heavy atom. The third-order valence-corrected chi connectivity index (χ3v) is 14.6. The first-order valence-corrected chi connectivity index (χ1v) is 29.7. The van der Waals surface area contributed by atoms with Crippen molar-refractivity contribution in [3.05, 3.63) is 0 Å². The Balaban J connectivity index is 0. The Labute approximate surface area is 426 Å². The fraction of sp³-hybridized carbons (Fsp3) is 0.964. The van der Waals surface area contributed by atoms with E-state index in [-0.39, 0.29) is 55.6 Å². The van der Waals surface area contributed by atoms with E-state index in [4.69, 9.17) is 9.47 Å². The maximum atomic E-state index is 14.9. The van der Waals surface area contributed by atoms with Crippen LogP contribution in [0.15, 0.2) is 0 Å². The monoisotopic (exact) mass is 953 g/mol. The molecule has 0 aromatic heterocycles. The number of hydrogen-bond acceptors (Lipinski definition) is 7. The summed E-state index contributed by atoms with van der Waals surface area (Å²) in [5.74, 6) is -1.87. The molecule has 0 bridgehead atoms. The fourth-order valence-corrected chi connectivity index (χ4v) is 10.0. The summed E-state index contributed by atoms with van der Waals surface area (Å²) in [6, 6.07) is 0. The molecule has 0 amide bonds. The van der Waals surface area contributed by atoms with Gasteiger partial charge in [-0.3, -0.25) is 9.35 Å². The summed E-state index contributed by atoms with van der Waals surface area (Å²) in [6.07, 6.45) is 46.2. The molecule has 0 aliphatic rings. The van der Waals surface area contributed by atoms with Crippen molar-refractivity contribution >= 4 is 51.6 Å². The van der Waals surface area contributed by atoms with Gasteiger partial charge in [-0.2, -0.15) is 8.42 Å². The second-order valence-electron chi connectivity index (χ2n) is 19.8. The van der Waals surface area contributed by atoms with Gasteiger partial charge in [-0.15, -0.1) is 0 Å². The number of ether oxygens (including phenoxy) is 2. The summed E-state index contributed by atoms with van der Waals surface area (Å²) < 4.78 is 44.4. The molecule has 0 aliphatic carbocycles. The van der Waals surface area contributed by atoms with Gasteiger partial charge in [-0.05, 0) is 38.5 Å². The van der Waals surface area contributed by atoms with Gasteiger partial charge in [0.1, 0.15) is 5.41 Å². The zero-order chi connectivity index (χ0) is 47.3. The third kappa shape index (κ3) is 37.3. The Morgan fingerprint density at radius 3 is 0.923 bits per heavy atom. The van der Waals surface area contributed by atoms with E-state index < -0.39 is 38.8 Å². The van der Waals surface area contributed by atoms with Crippen LogP contribution in [0.1, 0.15) is 310 Å². The summed E-state index contributed by atoms with van der Waals surface area (Å²) in [5.41, 5.74) is -3.58. The van der Waals surface area contributed by atoms with Gasteiger partial charge in [0.15, 0.2) is 5.60 Å². The van der Waals surface area contributed by atoms with Crippen LogP contribution in [0, 0.1) is 5.41 Å². The molecule has 1 unspecified atom stereocenters. The van der Waals surface area contributed by atoms with Crippen molar-refractivity contribution < 1.29 is 37.1 Å². The Kier molecular flexibility index (Phi) is 48.9. The number of esters is 2. The predicted molar refractivity (Wildman–Crippen MR) is 279 cm³/mol. The molecule has 2 N–H and O–H groups in total. The van der Waals surface area contributed by atoms with E-state index in [9.17, 15) is 27.7 Å². The molecule has 0 saturated heterocycles. The van der Waals surface area contributed by atoms with E-state index in [0.29, 0.717) is 32.1 Å². The number of carbonyl (C=O) groups is 2. The van der Waals surface area contributed by atoms with Crippen LogP contribution in [-0.2, 0) is 29.2 Å². The minimum absolute atomic E-state index is 0. The summed E-state index contributed by atoms with van der Waals surface area (Å²) in [6.45, 7) is 8.97. The fourth-order valence-electron chi connectivity index (χ4n) is 9.56. The second kappa shape index (κ2) is 47.5. The first-order chi connectivity index (χ1) is 31.0. The van der Waals surface area contributed by atoms with Gasteiger partial charge >= 0.3 is 41.5 Å². The number of rotatable bonds is 51. The molecule has 0 rings (SSSR count). The first kappa shape index (κ1) is 66.9. The van der Waals surface area contributed by atoms with Crippen molar-refractivity contribution in [1.29, 1.82) is 0 Å². The molecule has 0 aliphatic heterocycles. The normalized spacial score (nSPS) is 12.8. The zero-order valence-corrected chi connectivity index (χ0v) is 43.8. The molecule has 10 heteroatoms. The summed E-state index contributed by atoms with van der Waals surface area (Å²) in [4.78, 5) is 29.4. The molecule has 0 aromatic carbocycles. The van der Waals surface area contributed by atoms with Gasteiger partial charge in [-0.1, -0.05) is 272 Å². The van der Waals surface area contributed by atoms with Gasteiger partial charge in [0.05, 0.1) is 19.0 Å². The number of carbonyl (C=O) groups excluding carboxylic acids is 2. The first-order valence-electron chi connectivity index (χ1n) is 28.1. The van der Waals surface area contributed by atoms with Crippen LogP contribution in [0.25, 0.3) is 0 Å². The quantitative estimate of drug-likeness (QED) is 0.0267. The van der Waals surface area contributed by atoms with Crippen molar-refractivity contribution in [1.82, 2.24) is 0 Å². The molecule has 65 heavy (non-hydrogen) atoms. The van der Waals surface area contributed by atoms with Crippen LogP contribution in [0.4, 0.5) is 0 Å². The average molecular weight is 954 g/mol. The predicted octanol–water partition coefficient (Wildman–Crippen LogP) is 16.3. The maximum absolute atomic E-state index is 14.9. The third-order valence-electron chi connectivity index (χ3n) is 13.8. The van der Waals surface area contributed by atoms with E-state index in [0.717, 1.165) is 77.0 Å². The van der Waals surface area contributed by atoms with Crippen LogP contribution >= 0.6 is 0 Å². The molecule has 8 nitrogen and oxygen atoms in total. The molecular formula is C55H109NaO8S. The number of hydrogen-bond donors (Lipinski definition) is 2. The minimum atomic E-state index is -4.24. The average Bonchev–Trinajstić information content (AvgIpc) is 3.27. The van der Waals surface area contributed by atoms with Crippen molar-refractivity contribution in [2.75, 3.05) is 19.0 Å². The topological polar surface area (TPSA) is 127 Å². The number of aliphatic hydroxyl groups is 1. The molecule has 0 aromatic rings. The van der Waals surface area contributed by atoms with E-state index in [1.165, 1.54) is 161 Å². The van der Waals surface area contributed by atoms with Crippen molar-refractivity contribution in [3.63, 3.8) is 0 Å². The van der Waals surface area contributed by atoms with Gasteiger partial charge in [0.2, 0.25) is 0 Å². The van der Waals surface area contributed by atoms with E-state index in [2.05, 4.69) is 27.7 Å². The van der Waals surface area contributed by atoms with Crippen LogP contribution in [-0.4, -0.2) is 84.1 Å². The summed E-state index contributed by atoms with van der Waals surface area (Å²) in [5, 5.41) is 13.1. The van der Waals surface area contributed by atoms with Gasteiger partial charge in [0, 0.05) is 0 Å². The second-order valence-corrected chi connectivity index (χ2v) is 21.4. The van der Waals surface area contributed by atoms with Crippen LogP contribution in [0.2, 0.25) is 0 Å². The molecule has 0 saturated carbocycles. The molecular weight excluding hydrogens is 844 g/mol.